The molecule has 0 amide bonds. The van der Waals surface area contributed by atoms with Crippen molar-refractivity contribution < 1.29 is 0 Å². The third kappa shape index (κ3) is 2.28. The summed E-state index contributed by atoms with van der Waals surface area (Å²) in [5.41, 5.74) is 6.19. The summed E-state index contributed by atoms with van der Waals surface area (Å²) in [6.07, 6.45) is 8.83. The summed E-state index contributed by atoms with van der Waals surface area (Å²) in [4.78, 5) is 2.51. The standard InChI is InChI=1S/C14H26N2/c1-16(9-14(15)11-4-5-11)8-13-7-10-2-3-12(13)6-10/h10-14H,2-9,15H2,1H3. The van der Waals surface area contributed by atoms with Crippen LogP contribution in [0.25, 0.3) is 0 Å². The summed E-state index contributed by atoms with van der Waals surface area (Å²) < 4.78 is 0. The van der Waals surface area contributed by atoms with Crippen LogP contribution in [-0.2, 0) is 0 Å². The molecule has 0 heterocycles. The van der Waals surface area contributed by atoms with Crippen LogP contribution in [0, 0.1) is 23.7 Å². The first-order valence-electron chi connectivity index (χ1n) is 7.16. The number of nitrogens with two attached hydrogens (primary N) is 1. The quantitative estimate of drug-likeness (QED) is 0.772. The van der Waals surface area contributed by atoms with E-state index in [1.165, 1.54) is 45.1 Å². The minimum atomic E-state index is 0.448. The number of hydrogen-bond donors (Lipinski definition) is 1. The van der Waals surface area contributed by atoms with Gasteiger partial charge >= 0.3 is 0 Å². The number of rotatable bonds is 5. The lowest BCUT2D eigenvalue weighted by atomic mass is 9.88. The van der Waals surface area contributed by atoms with E-state index in [2.05, 4.69) is 11.9 Å². The summed E-state index contributed by atoms with van der Waals surface area (Å²) in [6.45, 7) is 2.43. The Morgan fingerprint density at radius 3 is 2.56 bits per heavy atom. The van der Waals surface area contributed by atoms with Crippen molar-refractivity contribution in [3.63, 3.8) is 0 Å². The van der Waals surface area contributed by atoms with Gasteiger partial charge in [0.2, 0.25) is 0 Å². The van der Waals surface area contributed by atoms with Crippen LogP contribution < -0.4 is 5.73 Å². The van der Waals surface area contributed by atoms with Crippen molar-refractivity contribution in [3.05, 3.63) is 0 Å². The van der Waals surface area contributed by atoms with Gasteiger partial charge in [-0.2, -0.15) is 0 Å². The lowest BCUT2D eigenvalue weighted by Gasteiger charge is -2.28. The van der Waals surface area contributed by atoms with Crippen molar-refractivity contribution in [3.8, 4) is 0 Å². The number of hydrogen-bond acceptors (Lipinski definition) is 2. The molecule has 0 aliphatic heterocycles. The Balaban J connectivity index is 1.43. The summed E-state index contributed by atoms with van der Waals surface area (Å²) >= 11 is 0. The Labute approximate surface area is 99.6 Å². The van der Waals surface area contributed by atoms with E-state index in [0.29, 0.717) is 6.04 Å². The van der Waals surface area contributed by atoms with Crippen LogP contribution in [0.15, 0.2) is 0 Å². The van der Waals surface area contributed by atoms with Crippen molar-refractivity contribution in [1.82, 2.24) is 4.90 Å². The molecule has 0 radical (unpaired) electrons. The first-order valence-corrected chi connectivity index (χ1v) is 7.16. The molecule has 0 saturated heterocycles. The maximum atomic E-state index is 6.19. The summed E-state index contributed by atoms with van der Waals surface area (Å²) in [5, 5.41) is 0. The fourth-order valence-corrected chi connectivity index (χ4v) is 4.11. The smallest absolute Gasteiger partial charge is 0.0196 e. The van der Waals surface area contributed by atoms with Crippen LogP contribution in [0.4, 0.5) is 0 Å². The predicted molar refractivity (Wildman–Crippen MR) is 67.1 cm³/mol. The van der Waals surface area contributed by atoms with Gasteiger partial charge in [-0.25, -0.2) is 0 Å². The molecule has 0 spiro atoms. The minimum Gasteiger partial charge on any atom is -0.326 e. The fraction of sp³-hybridized carbons (Fsp3) is 1.00. The highest BCUT2D eigenvalue weighted by molar-refractivity contribution is 4.92. The van der Waals surface area contributed by atoms with Gasteiger partial charge in [0.1, 0.15) is 0 Å². The summed E-state index contributed by atoms with van der Waals surface area (Å²) in [7, 11) is 2.27. The molecule has 2 nitrogen and oxygen atoms in total. The van der Waals surface area contributed by atoms with Gasteiger partial charge in [-0.1, -0.05) is 6.42 Å². The lowest BCUT2D eigenvalue weighted by Crippen LogP contribution is -2.39. The lowest BCUT2D eigenvalue weighted by molar-refractivity contribution is 0.207. The molecule has 0 aromatic carbocycles. The molecule has 0 aromatic rings. The van der Waals surface area contributed by atoms with E-state index in [0.717, 1.165) is 30.2 Å². The number of nitrogens with zero attached hydrogens (tertiary/aromatic N) is 1. The molecule has 3 rings (SSSR count). The normalized spacial score (nSPS) is 39.6. The second kappa shape index (κ2) is 4.30. The van der Waals surface area contributed by atoms with E-state index < -0.39 is 0 Å². The van der Waals surface area contributed by atoms with E-state index in [1.807, 2.05) is 0 Å². The number of fused-ring (bicyclic) bond motifs is 2. The largest absolute Gasteiger partial charge is 0.326 e. The van der Waals surface area contributed by atoms with Crippen LogP contribution in [0.2, 0.25) is 0 Å². The second-order valence-electron chi connectivity index (χ2n) is 6.66. The highest BCUT2D eigenvalue weighted by Gasteiger charge is 2.39. The molecular formula is C14H26N2. The van der Waals surface area contributed by atoms with Gasteiger partial charge in [-0.15, -0.1) is 0 Å². The number of likely N-dealkylation sites (N-methyl/N-ethyl adjacent to an activating group) is 1. The van der Waals surface area contributed by atoms with Crippen LogP contribution in [-0.4, -0.2) is 31.1 Å². The van der Waals surface area contributed by atoms with Gasteiger partial charge in [0.15, 0.2) is 0 Å². The van der Waals surface area contributed by atoms with Crippen molar-refractivity contribution in [1.29, 1.82) is 0 Å². The average molecular weight is 222 g/mol. The zero-order valence-electron chi connectivity index (χ0n) is 10.6. The monoisotopic (exact) mass is 222 g/mol. The summed E-state index contributed by atoms with van der Waals surface area (Å²) in [6, 6.07) is 0.448. The van der Waals surface area contributed by atoms with E-state index in [9.17, 15) is 0 Å². The molecule has 2 heteroatoms. The predicted octanol–water partition coefficient (Wildman–Crippen LogP) is 2.09. The van der Waals surface area contributed by atoms with Gasteiger partial charge < -0.3 is 10.6 Å². The van der Waals surface area contributed by atoms with E-state index >= 15 is 0 Å². The van der Waals surface area contributed by atoms with Crippen molar-refractivity contribution in [2.45, 2.75) is 44.6 Å². The molecule has 4 unspecified atom stereocenters. The topological polar surface area (TPSA) is 29.3 Å². The van der Waals surface area contributed by atoms with E-state index in [1.54, 1.807) is 0 Å². The zero-order valence-corrected chi connectivity index (χ0v) is 10.6. The van der Waals surface area contributed by atoms with Gasteiger partial charge in [0.05, 0.1) is 0 Å². The van der Waals surface area contributed by atoms with Crippen LogP contribution in [0.3, 0.4) is 0 Å². The van der Waals surface area contributed by atoms with Crippen LogP contribution >= 0.6 is 0 Å². The van der Waals surface area contributed by atoms with Gasteiger partial charge in [-0.3, -0.25) is 0 Å². The highest BCUT2D eigenvalue weighted by atomic mass is 15.1. The van der Waals surface area contributed by atoms with Crippen LogP contribution in [0.5, 0.6) is 0 Å². The Kier molecular flexibility index (Phi) is 2.97. The minimum absolute atomic E-state index is 0.448. The molecule has 3 aliphatic rings. The molecule has 0 aromatic heterocycles. The molecule has 3 aliphatic carbocycles. The van der Waals surface area contributed by atoms with E-state index in [-0.39, 0.29) is 0 Å². The third-order valence-electron chi connectivity index (χ3n) is 5.18. The Morgan fingerprint density at radius 2 is 2.00 bits per heavy atom. The third-order valence-corrected chi connectivity index (χ3v) is 5.18. The van der Waals surface area contributed by atoms with Crippen molar-refractivity contribution in [2.75, 3.05) is 20.1 Å². The van der Waals surface area contributed by atoms with Crippen molar-refractivity contribution >= 4 is 0 Å². The molecule has 3 fully saturated rings. The van der Waals surface area contributed by atoms with Crippen molar-refractivity contribution in [2.24, 2.45) is 29.4 Å². The first kappa shape index (κ1) is 11.0. The maximum Gasteiger partial charge on any atom is 0.0196 e. The molecule has 3 saturated carbocycles. The fourth-order valence-electron chi connectivity index (χ4n) is 4.11. The van der Waals surface area contributed by atoms with Gasteiger partial charge in [0, 0.05) is 19.1 Å². The molecule has 2 N–H and O–H groups in total. The maximum absolute atomic E-state index is 6.19. The van der Waals surface area contributed by atoms with E-state index in [4.69, 9.17) is 5.73 Å². The first-order chi connectivity index (χ1) is 7.72. The second-order valence-corrected chi connectivity index (χ2v) is 6.66. The van der Waals surface area contributed by atoms with Crippen LogP contribution in [0.1, 0.15) is 38.5 Å². The Bertz CT molecular complexity index is 249. The highest BCUT2D eigenvalue weighted by Crippen LogP contribution is 2.48. The Morgan fingerprint density at radius 1 is 1.19 bits per heavy atom. The summed E-state index contributed by atoms with van der Waals surface area (Å²) in [5.74, 6) is 3.99. The average Bonchev–Trinajstić information content (AvgIpc) is 2.91. The Hall–Kier alpha value is -0.0800. The molecular weight excluding hydrogens is 196 g/mol. The van der Waals surface area contributed by atoms with Gasteiger partial charge in [0.25, 0.3) is 0 Å². The van der Waals surface area contributed by atoms with Gasteiger partial charge in [-0.05, 0) is 62.8 Å². The molecule has 92 valence electrons. The molecule has 2 bridgehead atoms. The molecule has 4 atom stereocenters. The zero-order chi connectivity index (χ0) is 11.1. The SMILES string of the molecule is CN(CC(N)C1CC1)CC1CC2CCC1C2. The molecule has 16 heavy (non-hydrogen) atoms.